The maximum atomic E-state index is 10.1. The lowest BCUT2D eigenvalue weighted by atomic mass is 9.93. The van der Waals surface area contributed by atoms with Crippen LogP contribution in [-0.4, -0.2) is 45.7 Å². The second-order valence-corrected chi connectivity index (χ2v) is 6.03. The van der Waals surface area contributed by atoms with Crippen molar-refractivity contribution in [1.29, 1.82) is 0 Å². The number of hydrogen-bond donors (Lipinski definition) is 4. The lowest BCUT2D eigenvalue weighted by molar-refractivity contribution is 0.0212. The summed E-state index contributed by atoms with van der Waals surface area (Å²) in [6.45, 7) is 3.81. The highest BCUT2D eigenvalue weighted by Gasteiger charge is 2.42. The normalized spacial score (nSPS) is 31.6. The Labute approximate surface area is 114 Å². The second kappa shape index (κ2) is 5.59. The van der Waals surface area contributed by atoms with E-state index in [0.717, 1.165) is 5.56 Å². The van der Waals surface area contributed by atoms with Gasteiger partial charge in [0.2, 0.25) is 0 Å². The Kier molecular flexibility index (Phi) is 4.26. The zero-order valence-electron chi connectivity index (χ0n) is 11.5. The molecule has 4 unspecified atom stereocenters. The van der Waals surface area contributed by atoms with Gasteiger partial charge in [-0.3, -0.25) is 0 Å². The van der Waals surface area contributed by atoms with Crippen LogP contribution >= 0.6 is 0 Å². The van der Waals surface area contributed by atoms with Crippen molar-refractivity contribution in [3.05, 3.63) is 35.9 Å². The van der Waals surface area contributed by atoms with E-state index in [9.17, 15) is 15.3 Å². The lowest BCUT2D eigenvalue weighted by Gasteiger charge is -2.27. The zero-order chi connectivity index (χ0) is 14.0. The summed E-state index contributed by atoms with van der Waals surface area (Å²) in [5.41, 5.74) is 0.264. The highest BCUT2D eigenvalue weighted by atomic mass is 16.3. The number of nitrogens with one attached hydrogen (secondary N) is 1. The molecular formula is C15H23NO3. The third-order valence-electron chi connectivity index (χ3n) is 3.69. The largest absolute Gasteiger partial charge is 0.390 e. The van der Waals surface area contributed by atoms with Gasteiger partial charge in [0, 0.05) is 18.5 Å². The van der Waals surface area contributed by atoms with Crippen molar-refractivity contribution in [2.75, 3.05) is 6.54 Å². The van der Waals surface area contributed by atoms with E-state index < -0.39 is 17.8 Å². The molecule has 2 rings (SSSR count). The van der Waals surface area contributed by atoms with Gasteiger partial charge >= 0.3 is 0 Å². The first-order valence-corrected chi connectivity index (χ1v) is 6.75. The maximum Gasteiger partial charge on any atom is 0.0957 e. The van der Waals surface area contributed by atoms with Gasteiger partial charge in [0.25, 0.3) is 0 Å². The molecule has 1 aromatic rings. The standard InChI is InChI=1S/C15H23NO3/c1-15(2,19)9-16-13-11(8-12(17)14(13)18)10-6-4-3-5-7-10/h3-7,11-14,16-19H,8-9H2,1-2H3. The third kappa shape index (κ3) is 3.54. The van der Waals surface area contributed by atoms with E-state index in [0.29, 0.717) is 13.0 Å². The molecule has 1 aromatic carbocycles. The fraction of sp³-hybridized carbons (Fsp3) is 0.600. The average molecular weight is 265 g/mol. The van der Waals surface area contributed by atoms with Crippen LogP contribution in [0.5, 0.6) is 0 Å². The van der Waals surface area contributed by atoms with Crippen LogP contribution < -0.4 is 5.32 Å². The van der Waals surface area contributed by atoms with E-state index in [2.05, 4.69) is 5.32 Å². The Morgan fingerprint density at radius 1 is 1.21 bits per heavy atom. The molecule has 1 fully saturated rings. The van der Waals surface area contributed by atoms with Crippen LogP contribution in [0.2, 0.25) is 0 Å². The van der Waals surface area contributed by atoms with Crippen molar-refractivity contribution < 1.29 is 15.3 Å². The van der Waals surface area contributed by atoms with Crippen LogP contribution in [0.4, 0.5) is 0 Å². The molecule has 1 saturated carbocycles. The summed E-state index contributed by atoms with van der Waals surface area (Å²) in [5.74, 6) is 0.0635. The van der Waals surface area contributed by atoms with Crippen molar-refractivity contribution in [2.45, 2.75) is 50.0 Å². The van der Waals surface area contributed by atoms with Gasteiger partial charge in [0.15, 0.2) is 0 Å². The minimum Gasteiger partial charge on any atom is -0.390 e. The number of benzene rings is 1. The first kappa shape index (κ1) is 14.5. The monoisotopic (exact) mass is 265 g/mol. The van der Waals surface area contributed by atoms with Gasteiger partial charge in [-0.1, -0.05) is 30.3 Å². The average Bonchev–Trinajstić information content (AvgIpc) is 2.64. The minimum absolute atomic E-state index is 0.0635. The summed E-state index contributed by atoms with van der Waals surface area (Å²) in [6.07, 6.45) is -0.980. The number of aliphatic hydroxyl groups is 3. The second-order valence-electron chi connectivity index (χ2n) is 6.03. The van der Waals surface area contributed by atoms with Crippen molar-refractivity contribution in [3.63, 3.8) is 0 Å². The van der Waals surface area contributed by atoms with Crippen molar-refractivity contribution >= 4 is 0 Å². The van der Waals surface area contributed by atoms with Gasteiger partial charge < -0.3 is 20.6 Å². The fourth-order valence-corrected chi connectivity index (χ4v) is 2.70. The Morgan fingerprint density at radius 3 is 2.42 bits per heavy atom. The van der Waals surface area contributed by atoms with E-state index in [4.69, 9.17) is 0 Å². The SMILES string of the molecule is CC(C)(O)CNC1C(c2ccccc2)CC(O)C1O. The van der Waals surface area contributed by atoms with Gasteiger partial charge in [0.05, 0.1) is 17.8 Å². The number of aliphatic hydroxyl groups excluding tert-OH is 2. The van der Waals surface area contributed by atoms with E-state index in [1.54, 1.807) is 13.8 Å². The molecule has 0 radical (unpaired) electrons. The van der Waals surface area contributed by atoms with Gasteiger partial charge in [-0.15, -0.1) is 0 Å². The topological polar surface area (TPSA) is 72.7 Å². The molecule has 0 spiro atoms. The van der Waals surface area contributed by atoms with E-state index >= 15 is 0 Å². The van der Waals surface area contributed by atoms with Crippen LogP contribution in [-0.2, 0) is 0 Å². The summed E-state index contributed by atoms with van der Waals surface area (Å²) in [7, 11) is 0. The highest BCUT2D eigenvalue weighted by Crippen LogP contribution is 2.35. The molecule has 4 atom stereocenters. The van der Waals surface area contributed by atoms with E-state index in [-0.39, 0.29) is 12.0 Å². The van der Waals surface area contributed by atoms with Crippen molar-refractivity contribution in [3.8, 4) is 0 Å². The molecule has 0 aliphatic heterocycles. The molecule has 1 aliphatic carbocycles. The minimum atomic E-state index is -0.839. The van der Waals surface area contributed by atoms with Gasteiger partial charge in [0.1, 0.15) is 0 Å². The summed E-state index contributed by atoms with van der Waals surface area (Å²) in [5, 5.41) is 32.9. The highest BCUT2D eigenvalue weighted by molar-refractivity contribution is 5.24. The predicted molar refractivity (Wildman–Crippen MR) is 73.9 cm³/mol. The maximum absolute atomic E-state index is 10.1. The van der Waals surface area contributed by atoms with E-state index in [1.165, 1.54) is 0 Å². The zero-order valence-corrected chi connectivity index (χ0v) is 11.5. The first-order chi connectivity index (χ1) is 8.88. The number of rotatable bonds is 4. The Morgan fingerprint density at radius 2 is 1.84 bits per heavy atom. The molecule has 4 heteroatoms. The Balaban J connectivity index is 2.13. The Hall–Kier alpha value is -0.940. The van der Waals surface area contributed by atoms with Gasteiger partial charge in [-0.2, -0.15) is 0 Å². The molecule has 0 bridgehead atoms. The van der Waals surface area contributed by atoms with Crippen LogP contribution in [0.15, 0.2) is 30.3 Å². The summed E-state index contributed by atoms with van der Waals surface area (Å²) in [4.78, 5) is 0. The molecule has 106 valence electrons. The van der Waals surface area contributed by atoms with Crippen molar-refractivity contribution in [1.82, 2.24) is 5.32 Å². The summed E-state index contributed by atoms with van der Waals surface area (Å²) < 4.78 is 0. The quantitative estimate of drug-likeness (QED) is 0.644. The van der Waals surface area contributed by atoms with Crippen LogP contribution in [0.25, 0.3) is 0 Å². The molecule has 0 saturated heterocycles. The Bertz CT molecular complexity index is 402. The number of hydrogen-bond acceptors (Lipinski definition) is 4. The molecule has 4 N–H and O–H groups in total. The molecule has 4 nitrogen and oxygen atoms in total. The fourth-order valence-electron chi connectivity index (χ4n) is 2.70. The van der Waals surface area contributed by atoms with Gasteiger partial charge in [-0.05, 0) is 25.8 Å². The molecule has 0 amide bonds. The third-order valence-corrected chi connectivity index (χ3v) is 3.69. The van der Waals surface area contributed by atoms with Gasteiger partial charge in [-0.25, -0.2) is 0 Å². The first-order valence-electron chi connectivity index (χ1n) is 6.75. The van der Waals surface area contributed by atoms with E-state index in [1.807, 2.05) is 30.3 Å². The molecule has 1 aliphatic rings. The molecular weight excluding hydrogens is 242 g/mol. The molecule has 19 heavy (non-hydrogen) atoms. The summed E-state index contributed by atoms with van der Waals surface area (Å²) >= 11 is 0. The van der Waals surface area contributed by atoms with Crippen LogP contribution in [0.1, 0.15) is 31.7 Å². The predicted octanol–water partition coefficient (Wildman–Crippen LogP) is 0.625. The molecule has 0 aromatic heterocycles. The smallest absolute Gasteiger partial charge is 0.0957 e. The lowest BCUT2D eigenvalue weighted by Crippen LogP contribution is -2.47. The summed E-state index contributed by atoms with van der Waals surface area (Å²) in [6, 6.07) is 9.65. The van der Waals surface area contributed by atoms with Crippen molar-refractivity contribution in [2.24, 2.45) is 0 Å². The van der Waals surface area contributed by atoms with Crippen LogP contribution in [0, 0.1) is 0 Å². The van der Waals surface area contributed by atoms with Crippen LogP contribution in [0.3, 0.4) is 0 Å². The molecule has 0 heterocycles.